The predicted molar refractivity (Wildman–Crippen MR) is 51.4 cm³/mol. The van der Waals surface area contributed by atoms with Gasteiger partial charge in [0.25, 0.3) is 0 Å². The van der Waals surface area contributed by atoms with Gasteiger partial charge < -0.3 is 19.3 Å². The first kappa shape index (κ1) is 15.5. The smallest absolute Gasteiger partial charge is 1.00 e. The summed E-state index contributed by atoms with van der Waals surface area (Å²) in [6, 6.07) is 0. The third-order valence-electron chi connectivity index (χ3n) is 2.94. The fourth-order valence-corrected chi connectivity index (χ4v) is 1.89. The van der Waals surface area contributed by atoms with E-state index < -0.39 is 0 Å². The minimum atomic E-state index is 0. The van der Waals surface area contributed by atoms with Crippen molar-refractivity contribution in [1.82, 2.24) is 0 Å². The van der Waals surface area contributed by atoms with Crippen LogP contribution in [0.4, 0.5) is 0 Å². The number of unbranched alkanes of at least 4 members (excludes halogenated alkanes) is 1. The molecule has 68 valence electrons. The summed E-state index contributed by atoms with van der Waals surface area (Å²) in [6.45, 7) is 8.74. The van der Waals surface area contributed by atoms with Crippen molar-refractivity contribution in [3.8, 4) is 0 Å². The molecule has 0 unspecified atom stereocenters. The number of hydrogen-bond acceptors (Lipinski definition) is 0. The largest absolute Gasteiger partial charge is 2.00 e. The van der Waals surface area contributed by atoms with Crippen LogP contribution in [0.3, 0.4) is 0 Å². The van der Waals surface area contributed by atoms with Crippen LogP contribution in [0.5, 0.6) is 0 Å². The third-order valence-corrected chi connectivity index (χ3v) is 2.94. The SMILES string of the molecule is [CH2-][C@@H]1[C@@H](CCCC)C[C@H]1C.[Cl-].[Mg+2]. The van der Waals surface area contributed by atoms with E-state index >= 15 is 0 Å². The van der Waals surface area contributed by atoms with Gasteiger partial charge >= 0.3 is 23.1 Å². The molecule has 0 N–H and O–H groups in total. The van der Waals surface area contributed by atoms with Gasteiger partial charge in [-0.2, -0.15) is 5.92 Å². The molecule has 0 aromatic carbocycles. The van der Waals surface area contributed by atoms with Crippen molar-refractivity contribution in [3.05, 3.63) is 6.92 Å². The maximum Gasteiger partial charge on any atom is 2.00 e. The summed E-state index contributed by atoms with van der Waals surface area (Å²) in [5.41, 5.74) is 0. The Bertz CT molecular complexity index is 106. The number of hydrogen-bond donors (Lipinski definition) is 0. The molecule has 0 aromatic rings. The molecule has 1 aliphatic rings. The van der Waals surface area contributed by atoms with E-state index in [-0.39, 0.29) is 35.5 Å². The van der Waals surface area contributed by atoms with Crippen LogP contribution in [-0.4, -0.2) is 23.1 Å². The zero-order valence-electron chi connectivity index (χ0n) is 8.35. The van der Waals surface area contributed by atoms with Crippen molar-refractivity contribution >= 4 is 23.1 Å². The Morgan fingerprint density at radius 2 is 2.00 bits per heavy atom. The quantitative estimate of drug-likeness (QED) is 0.440. The van der Waals surface area contributed by atoms with Gasteiger partial charge in [-0.1, -0.05) is 51.4 Å². The molecule has 1 saturated carbocycles. The van der Waals surface area contributed by atoms with Crippen molar-refractivity contribution < 1.29 is 12.4 Å². The molecule has 1 fully saturated rings. The van der Waals surface area contributed by atoms with Crippen LogP contribution in [0.15, 0.2) is 0 Å². The first-order valence-corrected chi connectivity index (χ1v) is 4.58. The summed E-state index contributed by atoms with van der Waals surface area (Å²) in [4.78, 5) is 0. The number of rotatable bonds is 3. The Morgan fingerprint density at radius 1 is 1.42 bits per heavy atom. The van der Waals surface area contributed by atoms with Gasteiger partial charge in [0.1, 0.15) is 0 Å². The fourth-order valence-electron chi connectivity index (χ4n) is 1.89. The predicted octanol–water partition coefficient (Wildman–Crippen LogP) is -0.0939. The van der Waals surface area contributed by atoms with Gasteiger partial charge in [0, 0.05) is 0 Å². The van der Waals surface area contributed by atoms with E-state index in [1.54, 1.807) is 0 Å². The van der Waals surface area contributed by atoms with Crippen molar-refractivity contribution in [2.45, 2.75) is 39.5 Å². The second-order valence-corrected chi connectivity index (χ2v) is 3.78. The standard InChI is InChI=1S/C10H19.ClH.Mg/c1-4-5-6-10-7-8(2)9(10)3;;/h8-10H,3-7H2,1-2H3;1H;/q-1;;+2/p-1/t8-,9+,10+;;/m1../s1. The van der Waals surface area contributed by atoms with Crippen LogP contribution in [0.25, 0.3) is 0 Å². The molecule has 3 atom stereocenters. The average molecular weight is 199 g/mol. The van der Waals surface area contributed by atoms with E-state index in [4.69, 9.17) is 0 Å². The molecule has 0 amide bonds. The molecule has 0 bridgehead atoms. The van der Waals surface area contributed by atoms with E-state index in [1.807, 2.05) is 0 Å². The second-order valence-electron chi connectivity index (χ2n) is 3.78. The maximum atomic E-state index is 4.16. The molecule has 0 saturated heterocycles. The minimum absolute atomic E-state index is 0. The average Bonchev–Trinajstić information content (AvgIpc) is 1.97. The summed E-state index contributed by atoms with van der Waals surface area (Å²) in [5, 5.41) is 0. The Labute approximate surface area is 99.4 Å². The summed E-state index contributed by atoms with van der Waals surface area (Å²) >= 11 is 0. The molecule has 0 aliphatic heterocycles. The minimum Gasteiger partial charge on any atom is -1.00 e. The van der Waals surface area contributed by atoms with E-state index in [9.17, 15) is 0 Å². The third kappa shape index (κ3) is 3.84. The Kier molecular flexibility index (Phi) is 9.65. The summed E-state index contributed by atoms with van der Waals surface area (Å²) in [5.74, 6) is 2.64. The Balaban J connectivity index is 0. The first-order valence-electron chi connectivity index (χ1n) is 4.58. The van der Waals surface area contributed by atoms with Gasteiger partial charge in [0.05, 0.1) is 0 Å². The van der Waals surface area contributed by atoms with Crippen LogP contribution < -0.4 is 12.4 Å². The van der Waals surface area contributed by atoms with Gasteiger partial charge in [-0.05, 0) is 0 Å². The van der Waals surface area contributed by atoms with Crippen LogP contribution in [0.2, 0.25) is 0 Å². The molecule has 12 heavy (non-hydrogen) atoms. The van der Waals surface area contributed by atoms with Crippen molar-refractivity contribution in [3.63, 3.8) is 0 Å². The van der Waals surface area contributed by atoms with E-state index in [2.05, 4.69) is 20.8 Å². The Morgan fingerprint density at radius 3 is 2.33 bits per heavy atom. The zero-order chi connectivity index (χ0) is 7.56. The Hall–Kier alpha value is 1.06. The molecule has 0 radical (unpaired) electrons. The first-order chi connectivity index (χ1) is 4.75. The fraction of sp³-hybridized carbons (Fsp3) is 0.900. The van der Waals surface area contributed by atoms with Gasteiger partial charge in [0.2, 0.25) is 0 Å². The zero-order valence-corrected chi connectivity index (χ0v) is 10.5. The van der Waals surface area contributed by atoms with E-state index in [0.717, 1.165) is 17.8 Å². The maximum absolute atomic E-state index is 4.16. The normalized spacial score (nSPS) is 32.8. The molecule has 2 heteroatoms. The molecule has 0 nitrogen and oxygen atoms in total. The van der Waals surface area contributed by atoms with E-state index in [0.29, 0.717) is 0 Å². The van der Waals surface area contributed by atoms with Gasteiger partial charge in [-0.3, -0.25) is 0 Å². The van der Waals surface area contributed by atoms with Gasteiger partial charge in [-0.15, -0.1) is 0 Å². The molecular formula is C10H19ClMg. The molecule has 1 aliphatic carbocycles. The summed E-state index contributed by atoms with van der Waals surface area (Å²) in [6.07, 6.45) is 5.62. The second kappa shape index (κ2) is 7.46. The summed E-state index contributed by atoms with van der Waals surface area (Å²) < 4.78 is 0. The molecule has 0 aromatic heterocycles. The van der Waals surface area contributed by atoms with Gasteiger partial charge in [0.15, 0.2) is 0 Å². The molecule has 1 rings (SSSR count). The molecular weight excluding hydrogens is 180 g/mol. The molecule has 0 spiro atoms. The molecule has 0 heterocycles. The van der Waals surface area contributed by atoms with Gasteiger partial charge in [-0.25, -0.2) is 0 Å². The van der Waals surface area contributed by atoms with Crippen molar-refractivity contribution in [2.24, 2.45) is 17.8 Å². The topological polar surface area (TPSA) is 0 Å². The van der Waals surface area contributed by atoms with E-state index in [1.165, 1.54) is 25.7 Å². The van der Waals surface area contributed by atoms with Crippen LogP contribution in [-0.2, 0) is 0 Å². The summed E-state index contributed by atoms with van der Waals surface area (Å²) in [7, 11) is 0. The van der Waals surface area contributed by atoms with Crippen LogP contribution in [0.1, 0.15) is 39.5 Å². The van der Waals surface area contributed by atoms with Crippen LogP contribution in [0, 0.1) is 24.7 Å². The van der Waals surface area contributed by atoms with Crippen LogP contribution >= 0.6 is 0 Å². The number of halogens is 1. The van der Waals surface area contributed by atoms with Crippen molar-refractivity contribution in [2.75, 3.05) is 0 Å². The van der Waals surface area contributed by atoms with Crippen molar-refractivity contribution in [1.29, 1.82) is 0 Å². The monoisotopic (exact) mass is 198 g/mol.